The highest BCUT2D eigenvalue weighted by Gasteiger charge is 2.17. The molecule has 7 heteroatoms. The summed E-state index contributed by atoms with van der Waals surface area (Å²) in [7, 11) is -3.59. The third-order valence-electron chi connectivity index (χ3n) is 4.02. The van der Waals surface area contributed by atoms with Crippen molar-refractivity contribution < 1.29 is 8.42 Å². The van der Waals surface area contributed by atoms with Crippen LogP contribution in [-0.2, 0) is 16.6 Å². The Hall–Kier alpha value is -2.38. The first-order chi connectivity index (χ1) is 11.6. The van der Waals surface area contributed by atoms with Crippen LogP contribution in [0.25, 0.3) is 21.8 Å². The molecule has 1 N–H and O–H groups in total. The Morgan fingerprint density at radius 3 is 2.67 bits per heavy atom. The number of para-hydroxylation sites is 1. The van der Waals surface area contributed by atoms with Crippen molar-refractivity contribution in [2.75, 3.05) is 4.72 Å². The molecule has 0 fully saturated rings. The normalized spacial score (nSPS) is 12.0. The van der Waals surface area contributed by atoms with Gasteiger partial charge in [0.25, 0.3) is 10.0 Å². The molecule has 0 atom stereocenters. The van der Waals surface area contributed by atoms with Gasteiger partial charge in [-0.3, -0.25) is 9.71 Å². The number of benzene rings is 2. The van der Waals surface area contributed by atoms with E-state index in [9.17, 15) is 8.42 Å². The Kier molecular flexibility index (Phi) is 3.54. The average molecular weight is 357 g/mol. The quantitative estimate of drug-likeness (QED) is 0.599. The molecule has 0 radical (unpaired) electrons. The molecule has 0 unspecified atom stereocenters. The van der Waals surface area contributed by atoms with Gasteiger partial charge in [0.2, 0.25) is 0 Å². The van der Waals surface area contributed by atoms with Gasteiger partial charge >= 0.3 is 0 Å². The van der Waals surface area contributed by atoms with Gasteiger partial charge in [-0.15, -0.1) is 11.3 Å². The third kappa shape index (κ3) is 2.37. The standard InChI is InChI=1S/C17H15N3O2S2/c1-2-20-15-6-4-3-5-13(15)14-9-12(7-8-16(14)20)19-24(21,22)17-10-18-11-23-17/h3-11,19H,2H2,1H3. The number of sulfonamides is 1. The molecule has 4 rings (SSSR count). The second kappa shape index (κ2) is 5.61. The van der Waals surface area contributed by atoms with E-state index in [2.05, 4.69) is 33.3 Å². The van der Waals surface area contributed by atoms with E-state index in [0.29, 0.717) is 5.69 Å². The molecule has 2 aromatic heterocycles. The van der Waals surface area contributed by atoms with E-state index < -0.39 is 10.0 Å². The minimum atomic E-state index is -3.59. The van der Waals surface area contributed by atoms with Crippen molar-refractivity contribution in [3.8, 4) is 0 Å². The van der Waals surface area contributed by atoms with Crippen molar-refractivity contribution >= 4 is 48.9 Å². The van der Waals surface area contributed by atoms with Crippen LogP contribution in [0.1, 0.15) is 6.92 Å². The number of aryl methyl sites for hydroxylation is 1. The lowest BCUT2D eigenvalue weighted by Gasteiger charge is -2.07. The fraction of sp³-hybridized carbons (Fsp3) is 0.118. The van der Waals surface area contributed by atoms with Crippen LogP contribution in [0, 0.1) is 0 Å². The predicted molar refractivity (Wildman–Crippen MR) is 98.0 cm³/mol. The summed E-state index contributed by atoms with van der Waals surface area (Å²) < 4.78 is 29.8. The molecule has 0 bridgehead atoms. The maximum atomic E-state index is 12.4. The first-order valence-electron chi connectivity index (χ1n) is 7.52. The molecule has 0 aliphatic heterocycles. The number of fused-ring (bicyclic) bond motifs is 3. The Labute approximate surface area is 143 Å². The Balaban J connectivity index is 1.86. The van der Waals surface area contributed by atoms with E-state index in [4.69, 9.17) is 0 Å². The zero-order valence-corrected chi connectivity index (χ0v) is 14.6. The van der Waals surface area contributed by atoms with Crippen molar-refractivity contribution in [2.45, 2.75) is 17.7 Å². The van der Waals surface area contributed by atoms with Crippen molar-refractivity contribution in [1.82, 2.24) is 9.55 Å². The first kappa shape index (κ1) is 15.2. The summed E-state index contributed by atoms with van der Waals surface area (Å²) in [4.78, 5) is 3.83. The third-order valence-corrected chi connectivity index (χ3v) is 6.67. The van der Waals surface area contributed by atoms with Crippen LogP contribution in [0.4, 0.5) is 5.69 Å². The first-order valence-corrected chi connectivity index (χ1v) is 9.89. The number of anilines is 1. The minimum Gasteiger partial charge on any atom is -0.341 e. The summed E-state index contributed by atoms with van der Waals surface area (Å²) >= 11 is 1.10. The number of hydrogen-bond acceptors (Lipinski definition) is 4. The summed E-state index contributed by atoms with van der Waals surface area (Å²) in [5.41, 5.74) is 4.30. The summed E-state index contributed by atoms with van der Waals surface area (Å²) in [6.07, 6.45) is 1.36. The maximum Gasteiger partial charge on any atom is 0.273 e. The van der Waals surface area contributed by atoms with Gasteiger partial charge in [0.15, 0.2) is 4.21 Å². The molecule has 0 aliphatic carbocycles. The van der Waals surface area contributed by atoms with Gasteiger partial charge in [0.05, 0.1) is 11.7 Å². The zero-order chi connectivity index (χ0) is 16.7. The fourth-order valence-corrected chi connectivity index (χ4v) is 4.85. The molecule has 122 valence electrons. The van der Waals surface area contributed by atoms with E-state index in [1.54, 1.807) is 6.07 Å². The molecule has 2 heterocycles. The second-order valence-corrected chi connectivity index (χ2v) is 8.21. The monoisotopic (exact) mass is 357 g/mol. The van der Waals surface area contributed by atoms with E-state index in [0.717, 1.165) is 39.7 Å². The van der Waals surface area contributed by atoms with Crippen LogP contribution in [0.5, 0.6) is 0 Å². The number of rotatable bonds is 4. The van der Waals surface area contributed by atoms with Gasteiger partial charge < -0.3 is 4.57 Å². The van der Waals surface area contributed by atoms with Gasteiger partial charge in [-0.2, -0.15) is 0 Å². The lowest BCUT2D eigenvalue weighted by molar-refractivity contribution is 0.603. The van der Waals surface area contributed by atoms with Crippen molar-refractivity contribution in [3.05, 3.63) is 54.2 Å². The summed E-state index contributed by atoms with van der Waals surface area (Å²) in [5, 5.41) is 2.16. The van der Waals surface area contributed by atoms with Crippen molar-refractivity contribution in [3.63, 3.8) is 0 Å². The topological polar surface area (TPSA) is 64.0 Å². The molecule has 0 amide bonds. The number of aromatic nitrogens is 2. The van der Waals surface area contributed by atoms with E-state index in [-0.39, 0.29) is 4.21 Å². The summed E-state index contributed by atoms with van der Waals surface area (Å²) in [6, 6.07) is 13.8. The minimum absolute atomic E-state index is 0.207. The molecule has 4 aromatic rings. The largest absolute Gasteiger partial charge is 0.341 e. The van der Waals surface area contributed by atoms with E-state index in [1.165, 1.54) is 11.7 Å². The molecule has 5 nitrogen and oxygen atoms in total. The predicted octanol–water partition coefficient (Wildman–Crippen LogP) is 4.07. The summed E-state index contributed by atoms with van der Waals surface area (Å²) in [6.45, 7) is 2.96. The molecular formula is C17H15N3O2S2. The van der Waals surface area contributed by atoms with Crippen LogP contribution in [0.15, 0.2) is 58.4 Å². The zero-order valence-electron chi connectivity index (χ0n) is 12.9. The van der Waals surface area contributed by atoms with Crippen LogP contribution in [0.3, 0.4) is 0 Å². The fourth-order valence-electron chi connectivity index (χ4n) is 3.00. The Morgan fingerprint density at radius 2 is 1.92 bits per heavy atom. The second-order valence-electron chi connectivity index (χ2n) is 5.42. The molecular weight excluding hydrogens is 342 g/mol. The van der Waals surface area contributed by atoms with Gasteiger partial charge in [0.1, 0.15) is 0 Å². The molecule has 0 saturated heterocycles. The van der Waals surface area contributed by atoms with Crippen LogP contribution in [0.2, 0.25) is 0 Å². The van der Waals surface area contributed by atoms with Gasteiger partial charge in [-0.05, 0) is 31.2 Å². The lowest BCUT2D eigenvalue weighted by atomic mass is 10.1. The molecule has 24 heavy (non-hydrogen) atoms. The number of thiazole rings is 1. The lowest BCUT2D eigenvalue weighted by Crippen LogP contribution is -2.11. The summed E-state index contributed by atoms with van der Waals surface area (Å²) in [5.74, 6) is 0. The molecule has 2 aromatic carbocycles. The van der Waals surface area contributed by atoms with Crippen molar-refractivity contribution in [2.24, 2.45) is 0 Å². The average Bonchev–Trinajstić information content (AvgIpc) is 3.21. The molecule has 0 spiro atoms. The highest BCUT2D eigenvalue weighted by atomic mass is 32.2. The van der Waals surface area contributed by atoms with Crippen molar-refractivity contribution in [1.29, 1.82) is 0 Å². The van der Waals surface area contributed by atoms with Gasteiger partial charge in [-0.25, -0.2) is 8.42 Å². The highest BCUT2D eigenvalue weighted by Crippen LogP contribution is 2.31. The van der Waals surface area contributed by atoms with Gasteiger partial charge in [-0.1, -0.05) is 18.2 Å². The maximum absolute atomic E-state index is 12.4. The number of hydrogen-bond donors (Lipinski definition) is 1. The van der Waals surface area contributed by atoms with Gasteiger partial charge in [0, 0.05) is 34.0 Å². The highest BCUT2D eigenvalue weighted by molar-refractivity contribution is 7.94. The van der Waals surface area contributed by atoms with Crippen LogP contribution >= 0.6 is 11.3 Å². The Bertz CT molecular complexity index is 1130. The number of nitrogens with zero attached hydrogens (tertiary/aromatic N) is 2. The smallest absolute Gasteiger partial charge is 0.273 e. The molecule has 0 aliphatic rings. The van der Waals surface area contributed by atoms with E-state index >= 15 is 0 Å². The van der Waals surface area contributed by atoms with E-state index in [1.807, 2.05) is 24.3 Å². The number of nitrogens with one attached hydrogen (secondary N) is 1. The SMILES string of the molecule is CCn1c2ccccc2c2cc(NS(=O)(=O)c3cncs3)ccc21. The molecule has 0 saturated carbocycles. The van der Waals surface area contributed by atoms with Crippen LogP contribution < -0.4 is 4.72 Å². The Morgan fingerprint density at radius 1 is 1.12 bits per heavy atom. The van der Waals surface area contributed by atoms with Crippen LogP contribution in [-0.4, -0.2) is 18.0 Å².